The predicted molar refractivity (Wildman–Crippen MR) is 120 cm³/mol. The Balaban J connectivity index is 1.87. The molecule has 0 fully saturated rings. The van der Waals surface area contributed by atoms with Crippen LogP contribution in [0.25, 0.3) is 11.1 Å². The highest BCUT2D eigenvalue weighted by atomic mass is 35.5. The monoisotopic (exact) mass is 448 g/mol. The molecule has 2 N–H and O–H groups in total. The minimum atomic E-state index is -0.508. The number of hydrogen-bond donors (Lipinski definition) is 2. The van der Waals surface area contributed by atoms with Crippen molar-refractivity contribution in [3.05, 3.63) is 69.0 Å². The van der Waals surface area contributed by atoms with E-state index in [1.54, 1.807) is 25.1 Å². The maximum absolute atomic E-state index is 12.6. The molecule has 0 radical (unpaired) electrons. The van der Waals surface area contributed by atoms with E-state index in [0.29, 0.717) is 31.9 Å². The fourth-order valence-corrected chi connectivity index (χ4v) is 3.89. The van der Waals surface area contributed by atoms with E-state index in [-0.39, 0.29) is 6.61 Å². The minimum absolute atomic E-state index is 0.233. The molecule has 0 spiro atoms. The first-order valence-corrected chi connectivity index (χ1v) is 10.4. The lowest BCUT2D eigenvalue weighted by Crippen LogP contribution is -2.20. The van der Waals surface area contributed by atoms with Crippen molar-refractivity contribution in [1.82, 2.24) is 0 Å². The fraction of sp³-hybridized carbons (Fsp3) is 0.143. The Morgan fingerprint density at radius 1 is 1.03 bits per heavy atom. The number of carbonyl (C=O) groups is 2. The summed E-state index contributed by atoms with van der Waals surface area (Å²) < 4.78 is 5.21. The average molecular weight is 449 g/mol. The van der Waals surface area contributed by atoms with Crippen LogP contribution in [0.3, 0.4) is 0 Å². The van der Waals surface area contributed by atoms with Crippen molar-refractivity contribution in [2.45, 2.75) is 13.8 Å². The van der Waals surface area contributed by atoms with Gasteiger partial charge in [0, 0.05) is 16.6 Å². The summed E-state index contributed by atoms with van der Waals surface area (Å²) in [5, 5.41) is 8.34. The van der Waals surface area contributed by atoms with Gasteiger partial charge in [0.25, 0.3) is 0 Å². The highest BCUT2D eigenvalue weighted by molar-refractivity contribution is 7.15. The maximum atomic E-state index is 12.6. The first kappa shape index (κ1) is 21.2. The molecule has 0 aliphatic carbocycles. The van der Waals surface area contributed by atoms with Crippen LogP contribution in [0.2, 0.25) is 10.0 Å². The van der Waals surface area contributed by atoms with Crippen molar-refractivity contribution < 1.29 is 14.3 Å². The number of aryl methyl sites for hydroxylation is 1. The van der Waals surface area contributed by atoms with Gasteiger partial charge in [0.15, 0.2) is 0 Å². The molecule has 0 saturated carbocycles. The van der Waals surface area contributed by atoms with Crippen molar-refractivity contribution in [1.29, 1.82) is 0 Å². The second-order valence-electron chi connectivity index (χ2n) is 6.15. The number of halogens is 2. The van der Waals surface area contributed by atoms with Crippen LogP contribution in [0.15, 0.2) is 47.8 Å². The largest absolute Gasteiger partial charge is 0.462 e. The Bertz CT molecular complexity index is 1050. The van der Waals surface area contributed by atoms with Gasteiger partial charge in [0.2, 0.25) is 0 Å². The molecule has 0 bridgehead atoms. The smallest absolute Gasteiger partial charge is 0.341 e. The number of nitrogens with one attached hydrogen (secondary N) is 2. The molecule has 3 aromatic rings. The third kappa shape index (κ3) is 5.09. The molecule has 8 heteroatoms. The summed E-state index contributed by atoms with van der Waals surface area (Å²) in [5.41, 5.74) is 3.49. The molecule has 150 valence electrons. The zero-order valence-corrected chi connectivity index (χ0v) is 18.0. The van der Waals surface area contributed by atoms with Gasteiger partial charge < -0.3 is 10.1 Å². The normalized spacial score (nSPS) is 10.5. The Morgan fingerprint density at radius 3 is 2.41 bits per heavy atom. The van der Waals surface area contributed by atoms with E-state index in [2.05, 4.69) is 10.6 Å². The number of urea groups is 1. The van der Waals surface area contributed by atoms with Crippen LogP contribution >= 0.6 is 34.5 Å². The van der Waals surface area contributed by atoms with Gasteiger partial charge in [-0.1, -0.05) is 53.0 Å². The standard InChI is InChI=1S/C21H18Cl2N2O3S/c1-3-28-20(26)18-15(13-6-4-12(2)5-7-13)11-29-19(18)25-21(27)24-14-8-9-16(22)17(23)10-14/h4-11H,3H2,1-2H3,(H2,24,25,27). The number of thiophene rings is 1. The average Bonchev–Trinajstić information content (AvgIpc) is 3.09. The molecule has 0 aliphatic rings. The predicted octanol–water partition coefficient (Wildman–Crippen LogP) is 6.85. The van der Waals surface area contributed by atoms with Gasteiger partial charge in [0.05, 0.1) is 16.7 Å². The molecule has 5 nitrogen and oxygen atoms in total. The number of rotatable bonds is 5. The van der Waals surface area contributed by atoms with Crippen LogP contribution in [-0.2, 0) is 4.74 Å². The molecule has 0 atom stereocenters. The van der Waals surface area contributed by atoms with Crippen LogP contribution in [0, 0.1) is 6.92 Å². The summed E-state index contributed by atoms with van der Waals surface area (Å²) in [5.74, 6) is -0.492. The molecular weight excluding hydrogens is 431 g/mol. The maximum Gasteiger partial charge on any atom is 0.341 e. The minimum Gasteiger partial charge on any atom is -0.462 e. The second-order valence-corrected chi connectivity index (χ2v) is 7.84. The van der Waals surface area contributed by atoms with Gasteiger partial charge in [0.1, 0.15) is 10.6 Å². The highest BCUT2D eigenvalue weighted by Crippen LogP contribution is 2.36. The van der Waals surface area contributed by atoms with Crippen molar-refractivity contribution in [2.75, 3.05) is 17.2 Å². The van der Waals surface area contributed by atoms with E-state index < -0.39 is 12.0 Å². The topological polar surface area (TPSA) is 67.4 Å². The highest BCUT2D eigenvalue weighted by Gasteiger charge is 2.23. The van der Waals surface area contributed by atoms with Gasteiger partial charge in [-0.15, -0.1) is 11.3 Å². The first-order chi connectivity index (χ1) is 13.9. The number of carbonyl (C=O) groups excluding carboxylic acids is 2. The van der Waals surface area contributed by atoms with Crippen molar-refractivity contribution in [3.63, 3.8) is 0 Å². The van der Waals surface area contributed by atoms with Crippen molar-refractivity contribution >= 4 is 57.2 Å². The zero-order chi connectivity index (χ0) is 21.0. The van der Waals surface area contributed by atoms with E-state index in [0.717, 1.165) is 11.1 Å². The molecule has 2 aromatic carbocycles. The second kappa shape index (κ2) is 9.31. The molecule has 3 rings (SSSR count). The Kier molecular flexibility index (Phi) is 6.79. The molecule has 1 heterocycles. The summed E-state index contributed by atoms with van der Waals surface area (Å²) in [7, 11) is 0. The molecule has 29 heavy (non-hydrogen) atoms. The molecule has 0 saturated heterocycles. The van der Waals surface area contributed by atoms with E-state index in [4.69, 9.17) is 27.9 Å². The summed E-state index contributed by atoms with van der Waals surface area (Å²) in [6.07, 6.45) is 0. The third-order valence-electron chi connectivity index (χ3n) is 4.04. The van der Waals surface area contributed by atoms with Crippen LogP contribution < -0.4 is 10.6 Å². The van der Waals surface area contributed by atoms with Gasteiger partial charge >= 0.3 is 12.0 Å². The molecule has 2 amide bonds. The summed E-state index contributed by atoms with van der Waals surface area (Å²) >= 11 is 13.1. The van der Waals surface area contributed by atoms with Gasteiger partial charge in [-0.2, -0.15) is 0 Å². The quantitative estimate of drug-likeness (QED) is 0.419. The van der Waals surface area contributed by atoms with E-state index in [1.165, 1.54) is 11.3 Å². The van der Waals surface area contributed by atoms with Gasteiger partial charge in [-0.3, -0.25) is 5.32 Å². The lowest BCUT2D eigenvalue weighted by Gasteiger charge is -2.10. The lowest BCUT2D eigenvalue weighted by atomic mass is 10.0. The van der Waals surface area contributed by atoms with Crippen LogP contribution in [0.5, 0.6) is 0 Å². The Morgan fingerprint density at radius 2 is 1.76 bits per heavy atom. The summed E-state index contributed by atoms with van der Waals surface area (Å²) in [4.78, 5) is 25.0. The number of amides is 2. The molecule has 0 aliphatic heterocycles. The number of esters is 1. The van der Waals surface area contributed by atoms with E-state index in [9.17, 15) is 9.59 Å². The molecule has 1 aromatic heterocycles. The van der Waals surface area contributed by atoms with Gasteiger partial charge in [-0.25, -0.2) is 9.59 Å². The fourth-order valence-electron chi connectivity index (χ4n) is 2.64. The number of benzene rings is 2. The van der Waals surface area contributed by atoms with Crippen LogP contribution in [0.4, 0.5) is 15.5 Å². The zero-order valence-electron chi connectivity index (χ0n) is 15.7. The third-order valence-corrected chi connectivity index (χ3v) is 5.67. The Labute approximate surface area is 182 Å². The van der Waals surface area contributed by atoms with Crippen LogP contribution in [0.1, 0.15) is 22.8 Å². The van der Waals surface area contributed by atoms with Gasteiger partial charge in [-0.05, 0) is 37.6 Å². The Hall–Kier alpha value is -2.54. The van der Waals surface area contributed by atoms with Crippen molar-refractivity contribution in [3.8, 4) is 11.1 Å². The van der Waals surface area contributed by atoms with Crippen molar-refractivity contribution in [2.24, 2.45) is 0 Å². The summed E-state index contributed by atoms with van der Waals surface area (Å²) in [6, 6.07) is 12.0. The first-order valence-electron chi connectivity index (χ1n) is 8.77. The van der Waals surface area contributed by atoms with E-state index >= 15 is 0 Å². The SMILES string of the molecule is CCOC(=O)c1c(-c2ccc(C)cc2)csc1NC(=O)Nc1ccc(Cl)c(Cl)c1. The van der Waals surface area contributed by atoms with Crippen LogP contribution in [-0.4, -0.2) is 18.6 Å². The molecule has 0 unspecified atom stereocenters. The summed E-state index contributed by atoms with van der Waals surface area (Å²) in [6.45, 7) is 3.96. The number of hydrogen-bond acceptors (Lipinski definition) is 4. The van der Waals surface area contributed by atoms with E-state index in [1.807, 2.05) is 36.6 Å². The lowest BCUT2D eigenvalue weighted by molar-refractivity contribution is 0.0529. The number of anilines is 2. The molecular formula is C21H18Cl2N2O3S. The number of ether oxygens (including phenoxy) is 1.